The van der Waals surface area contributed by atoms with E-state index in [1.807, 2.05) is 0 Å². The van der Waals surface area contributed by atoms with Gasteiger partial charge in [0.2, 0.25) is 5.69 Å². The third kappa shape index (κ3) is 2.79. The Kier molecular flexibility index (Phi) is 3.73. The fraction of sp³-hybridized carbons (Fsp3) is 0.250. The van der Waals surface area contributed by atoms with Gasteiger partial charge >= 0.3 is 12.1 Å². The number of rotatable bonds is 3. The summed E-state index contributed by atoms with van der Waals surface area (Å²) in [5.41, 5.74) is -1.44. The van der Waals surface area contributed by atoms with E-state index in [1.165, 1.54) is 0 Å². The van der Waals surface area contributed by atoms with Crippen LogP contribution in [0, 0.1) is 0 Å². The molecule has 0 bridgehead atoms. The van der Waals surface area contributed by atoms with E-state index in [0.29, 0.717) is 10.2 Å². The lowest BCUT2D eigenvalue weighted by atomic mass is 10.2. The van der Waals surface area contributed by atoms with E-state index in [9.17, 15) is 18.0 Å². The molecule has 1 aromatic carbocycles. The zero-order chi connectivity index (χ0) is 14.8. The Morgan fingerprint density at radius 3 is 2.50 bits per heavy atom. The van der Waals surface area contributed by atoms with Gasteiger partial charge in [0.25, 0.3) is 0 Å². The van der Waals surface area contributed by atoms with Crippen LogP contribution in [-0.2, 0) is 17.5 Å². The van der Waals surface area contributed by atoms with E-state index in [-0.39, 0.29) is 6.54 Å². The lowest BCUT2D eigenvalue weighted by Gasteiger charge is -2.10. The number of benzene rings is 1. The van der Waals surface area contributed by atoms with Crippen LogP contribution >= 0.6 is 0 Å². The van der Waals surface area contributed by atoms with E-state index >= 15 is 0 Å². The maximum absolute atomic E-state index is 13.0. The molecule has 0 aliphatic heterocycles. The molecule has 1 aromatic heterocycles. The molecule has 0 amide bonds. The molecular weight excluding hydrogens is 275 g/mol. The number of hydrogen-bond donors (Lipinski definition) is 0. The molecule has 0 atom stereocenters. The molecule has 0 saturated carbocycles. The Bertz CT molecular complexity index is 608. The van der Waals surface area contributed by atoms with Gasteiger partial charge in [0.05, 0.1) is 13.7 Å². The number of carbonyl (C=O) groups excluding carboxylic acids is 1. The summed E-state index contributed by atoms with van der Waals surface area (Å²) in [6.07, 6.45) is -4.75. The number of alkyl halides is 3. The van der Waals surface area contributed by atoms with Crippen LogP contribution < -0.4 is 0 Å². The number of aromatic nitrogens is 3. The summed E-state index contributed by atoms with van der Waals surface area (Å²) in [7, 11) is 0.985. The van der Waals surface area contributed by atoms with Gasteiger partial charge in [0.1, 0.15) is 0 Å². The van der Waals surface area contributed by atoms with Gasteiger partial charge in [-0.3, -0.25) is 0 Å². The van der Waals surface area contributed by atoms with E-state index in [1.54, 1.807) is 30.3 Å². The summed E-state index contributed by atoms with van der Waals surface area (Å²) in [6.45, 7) is -0.139. The molecule has 0 fully saturated rings. The summed E-state index contributed by atoms with van der Waals surface area (Å²) in [6, 6.07) is 8.44. The second kappa shape index (κ2) is 5.32. The average molecular weight is 285 g/mol. The van der Waals surface area contributed by atoms with Crippen molar-refractivity contribution < 1.29 is 22.7 Å². The van der Waals surface area contributed by atoms with Crippen LogP contribution in [0.5, 0.6) is 0 Å². The quantitative estimate of drug-likeness (QED) is 0.811. The highest BCUT2D eigenvalue weighted by molar-refractivity contribution is 5.88. The zero-order valence-corrected chi connectivity index (χ0v) is 10.4. The minimum absolute atomic E-state index is 0.139. The summed E-state index contributed by atoms with van der Waals surface area (Å²) in [5, 5.41) is 6.66. The minimum atomic E-state index is -4.75. The first-order valence-corrected chi connectivity index (χ1v) is 5.56. The van der Waals surface area contributed by atoms with Crippen molar-refractivity contribution in [3.8, 4) is 0 Å². The van der Waals surface area contributed by atoms with Crippen LogP contribution in [0.25, 0.3) is 0 Å². The smallest absolute Gasteiger partial charge is 0.435 e. The fourth-order valence-electron chi connectivity index (χ4n) is 1.69. The average Bonchev–Trinajstić information content (AvgIpc) is 2.82. The van der Waals surface area contributed by atoms with Crippen molar-refractivity contribution in [1.29, 1.82) is 0 Å². The highest BCUT2D eigenvalue weighted by atomic mass is 19.4. The van der Waals surface area contributed by atoms with Crippen molar-refractivity contribution in [3.05, 3.63) is 47.3 Å². The van der Waals surface area contributed by atoms with Crippen LogP contribution in [-0.4, -0.2) is 28.1 Å². The second-order valence-electron chi connectivity index (χ2n) is 3.92. The lowest BCUT2D eigenvalue weighted by Crippen LogP contribution is -2.19. The molecular formula is C12H10F3N3O2. The van der Waals surface area contributed by atoms with Gasteiger partial charge < -0.3 is 4.74 Å². The Balaban J connectivity index is 2.44. The Morgan fingerprint density at radius 2 is 1.95 bits per heavy atom. The number of methoxy groups -OCH3 is 1. The molecule has 2 aromatic rings. The number of esters is 1. The van der Waals surface area contributed by atoms with E-state index in [0.717, 1.165) is 7.11 Å². The third-order valence-corrected chi connectivity index (χ3v) is 2.56. The maximum atomic E-state index is 13.0. The maximum Gasteiger partial charge on any atom is 0.435 e. The topological polar surface area (TPSA) is 57.0 Å². The van der Waals surface area contributed by atoms with Crippen molar-refractivity contribution >= 4 is 5.97 Å². The van der Waals surface area contributed by atoms with Gasteiger partial charge in [0, 0.05) is 0 Å². The number of hydrogen-bond acceptors (Lipinski definition) is 4. The predicted octanol–water partition coefficient (Wildman–Crippen LogP) is 2.13. The summed E-state index contributed by atoms with van der Waals surface area (Å²) < 4.78 is 44.0. The van der Waals surface area contributed by atoms with Crippen molar-refractivity contribution in [3.63, 3.8) is 0 Å². The van der Waals surface area contributed by atoms with Crippen molar-refractivity contribution in [1.82, 2.24) is 15.0 Å². The van der Waals surface area contributed by atoms with Crippen LogP contribution in [0.1, 0.15) is 21.7 Å². The van der Waals surface area contributed by atoms with Gasteiger partial charge in [-0.05, 0) is 5.56 Å². The SMILES string of the molecule is COC(=O)c1nnn(Cc2ccccc2)c1C(F)(F)F. The summed E-state index contributed by atoms with van der Waals surface area (Å²) >= 11 is 0. The molecule has 2 rings (SSSR count). The van der Waals surface area contributed by atoms with Crippen LogP contribution in [0.2, 0.25) is 0 Å². The Hall–Kier alpha value is -2.38. The molecule has 0 spiro atoms. The van der Waals surface area contributed by atoms with E-state index in [2.05, 4.69) is 15.0 Å². The van der Waals surface area contributed by atoms with Crippen LogP contribution in [0.3, 0.4) is 0 Å². The van der Waals surface area contributed by atoms with E-state index in [4.69, 9.17) is 0 Å². The molecule has 106 valence electrons. The first kappa shape index (κ1) is 14.0. The zero-order valence-electron chi connectivity index (χ0n) is 10.4. The second-order valence-corrected chi connectivity index (χ2v) is 3.92. The predicted molar refractivity (Wildman–Crippen MR) is 61.9 cm³/mol. The third-order valence-electron chi connectivity index (χ3n) is 2.56. The van der Waals surface area contributed by atoms with Gasteiger partial charge in [-0.2, -0.15) is 13.2 Å². The molecule has 0 N–H and O–H groups in total. The minimum Gasteiger partial charge on any atom is -0.464 e. The van der Waals surface area contributed by atoms with Crippen LogP contribution in [0.15, 0.2) is 30.3 Å². The lowest BCUT2D eigenvalue weighted by molar-refractivity contribution is -0.144. The summed E-state index contributed by atoms with van der Waals surface area (Å²) in [4.78, 5) is 11.3. The highest BCUT2D eigenvalue weighted by Crippen LogP contribution is 2.31. The molecule has 0 saturated heterocycles. The molecule has 20 heavy (non-hydrogen) atoms. The fourth-order valence-corrected chi connectivity index (χ4v) is 1.69. The molecule has 0 radical (unpaired) electrons. The molecule has 0 aliphatic rings. The van der Waals surface area contributed by atoms with Gasteiger partial charge in [-0.25, -0.2) is 9.48 Å². The Labute approximate surface area is 112 Å². The number of nitrogens with zero attached hydrogens (tertiary/aromatic N) is 3. The first-order valence-electron chi connectivity index (χ1n) is 5.56. The van der Waals surface area contributed by atoms with Gasteiger partial charge in [0.15, 0.2) is 5.69 Å². The number of carbonyl (C=O) groups is 1. The van der Waals surface area contributed by atoms with Crippen molar-refractivity contribution in [2.24, 2.45) is 0 Å². The van der Waals surface area contributed by atoms with Crippen LogP contribution in [0.4, 0.5) is 13.2 Å². The molecule has 0 unspecified atom stereocenters. The van der Waals surface area contributed by atoms with E-state index < -0.39 is 23.5 Å². The molecule has 0 aliphatic carbocycles. The molecule has 5 nitrogen and oxygen atoms in total. The number of ether oxygens (including phenoxy) is 1. The normalized spacial score (nSPS) is 11.4. The Morgan fingerprint density at radius 1 is 1.30 bits per heavy atom. The van der Waals surface area contributed by atoms with Gasteiger partial charge in [-0.15, -0.1) is 5.10 Å². The molecule has 8 heteroatoms. The standard InChI is InChI=1S/C12H10F3N3O2/c1-20-11(19)9-10(12(13,14)15)18(17-16-9)7-8-5-3-2-4-6-8/h2-6H,7H2,1H3. The largest absolute Gasteiger partial charge is 0.464 e. The van der Waals surface area contributed by atoms with Gasteiger partial charge in [-0.1, -0.05) is 35.5 Å². The molecule has 1 heterocycles. The van der Waals surface area contributed by atoms with Crippen molar-refractivity contribution in [2.45, 2.75) is 12.7 Å². The first-order chi connectivity index (χ1) is 9.43. The summed E-state index contributed by atoms with van der Waals surface area (Å²) in [5.74, 6) is -1.17. The number of halogens is 3. The van der Waals surface area contributed by atoms with Crippen molar-refractivity contribution in [2.75, 3.05) is 7.11 Å². The highest BCUT2D eigenvalue weighted by Gasteiger charge is 2.41. The monoisotopic (exact) mass is 285 g/mol.